The van der Waals surface area contributed by atoms with Gasteiger partial charge in [-0.1, -0.05) is 36.1 Å². The summed E-state index contributed by atoms with van der Waals surface area (Å²) < 4.78 is 26.8. The van der Waals surface area contributed by atoms with Gasteiger partial charge in [0.1, 0.15) is 0 Å². The van der Waals surface area contributed by atoms with Gasteiger partial charge in [0.15, 0.2) is 0 Å². The molecule has 35 heavy (non-hydrogen) atoms. The Kier molecular flexibility index (Phi) is 6.10. The van der Waals surface area contributed by atoms with Crippen molar-refractivity contribution in [3.8, 4) is 23.0 Å². The van der Waals surface area contributed by atoms with E-state index in [4.69, 9.17) is 0 Å². The molecule has 0 unspecified atom stereocenters. The van der Waals surface area contributed by atoms with Gasteiger partial charge in [-0.2, -0.15) is 0 Å². The van der Waals surface area contributed by atoms with Gasteiger partial charge < -0.3 is 10.1 Å². The number of nitrogens with zero attached hydrogens (tertiary/aromatic N) is 1. The number of hydrogen-bond acceptors (Lipinski definition) is 2. The van der Waals surface area contributed by atoms with E-state index in [0.29, 0.717) is 30.8 Å². The fourth-order valence-corrected chi connectivity index (χ4v) is 4.48. The largest absolute Gasteiger partial charge is 0.478 e. The molecule has 6 heteroatoms. The van der Waals surface area contributed by atoms with E-state index in [1.807, 2.05) is 65.7 Å². The molecule has 0 saturated carbocycles. The lowest BCUT2D eigenvalue weighted by molar-refractivity contribution is -0.0566. The zero-order valence-corrected chi connectivity index (χ0v) is 19.0. The van der Waals surface area contributed by atoms with E-state index in [0.717, 1.165) is 27.6 Å². The van der Waals surface area contributed by atoms with Gasteiger partial charge in [-0.25, -0.2) is 13.6 Å². The van der Waals surface area contributed by atoms with Crippen molar-refractivity contribution in [3.63, 3.8) is 0 Å². The monoisotopic (exact) mass is 470 g/mol. The molecule has 2 heterocycles. The number of H-pyrrole nitrogens is 1. The molecule has 4 aromatic rings. The predicted molar refractivity (Wildman–Crippen MR) is 133 cm³/mol. The average Bonchev–Trinajstić information content (AvgIpc) is 3.32. The normalized spacial score (nSPS) is 15.5. The molecule has 0 radical (unpaired) electrons. The van der Waals surface area contributed by atoms with Gasteiger partial charge in [-0.3, -0.25) is 4.90 Å². The molecule has 0 bridgehead atoms. The lowest BCUT2D eigenvalue weighted by atomic mass is 9.93. The molecule has 1 aromatic heterocycles. The summed E-state index contributed by atoms with van der Waals surface area (Å²) in [5.41, 5.74) is 5.05. The van der Waals surface area contributed by atoms with Crippen LogP contribution in [0.4, 0.5) is 8.78 Å². The Bertz CT molecular complexity index is 1440. The fourth-order valence-electron chi connectivity index (χ4n) is 4.48. The summed E-state index contributed by atoms with van der Waals surface area (Å²) in [6.07, 6.45) is 1.67. The van der Waals surface area contributed by atoms with Crippen LogP contribution in [0.15, 0.2) is 72.9 Å². The topological polar surface area (TPSA) is 56.3 Å². The maximum atomic E-state index is 13.4. The Morgan fingerprint density at radius 3 is 2.51 bits per heavy atom. The zero-order valence-electron chi connectivity index (χ0n) is 19.0. The summed E-state index contributed by atoms with van der Waals surface area (Å²) in [7, 11) is 0. The van der Waals surface area contributed by atoms with E-state index in [2.05, 4.69) is 16.8 Å². The molecule has 1 aliphatic heterocycles. The predicted octanol–water partition coefficient (Wildman–Crippen LogP) is 6.16. The van der Waals surface area contributed by atoms with Crippen molar-refractivity contribution in [2.45, 2.75) is 25.3 Å². The third-order valence-corrected chi connectivity index (χ3v) is 6.43. The van der Waals surface area contributed by atoms with E-state index >= 15 is 0 Å². The maximum absolute atomic E-state index is 13.4. The smallest absolute Gasteiger partial charge is 0.336 e. The van der Waals surface area contributed by atoms with E-state index in [9.17, 15) is 18.7 Å². The molecular weight excluding hydrogens is 446 g/mol. The highest BCUT2D eigenvalue weighted by atomic mass is 19.3. The number of carboxylic acid groups (broad SMARTS) is 1. The number of alkyl halides is 2. The number of benzene rings is 3. The van der Waals surface area contributed by atoms with Crippen LogP contribution < -0.4 is 0 Å². The van der Waals surface area contributed by atoms with Crippen LogP contribution in [0.1, 0.15) is 39.9 Å². The molecule has 1 fully saturated rings. The highest BCUT2D eigenvalue weighted by molar-refractivity contribution is 5.99. The van der Waals surface area contributed by atoms with Crippen molar-refractivity contribution >= 4 is 16.9 Å². The minimum absolute atomic E-state index is 0.0919. The van der Waals surface area contributed by atoms with Gasteiger partial charge in [0.05, 0.1) is 5.56 Å². The number of fused-ring (bicyclic) bond motifs is 1. The number of nitrogens with one attached hydrogen (secondary N) is 1. The standard InChI is InChI=1S/C29H24F2N2O2/c30-29(31)13-16-33(17-14-29)19-21-6-4-20(5-7-21)8-9-22-2-1-3-25(28(34)35)27(22)24-10-11-26-23(18-24)12-15-32-26/h1-7,10-12,15,18,32H,13-14,16-17,19H2,(H,34,35). The van der Waals surface area contributed by atoms with Crippen molar-refractivity contribution in [1.82, 2.24) is 9.88 Å². The zero-order chi connectivity index (χ0) is 24.4. The molecule has 176 valence electrons. The molecule has 3 aromatic carbocycles. The number of piperidine rings is 1. The number of hydrogen-bond donors (Lipinski definition) is 2. The van der Waals surface area contributed by atoms with Crippen LogP contribution in [0.5, 0.6) is 0 Å². The van der Waals surface area contributed by atoms with Crippen LogP contribution in [0.25, 0.3) is 22.0 Å². The highest BCUT2D eigenvalue weighted by Crippen LogP contribution is 2.31. The molecule has 0 spiro atoms. The second kappa shape index (κ2) is 9.36. The average molecular weight is 471 g/mol. The summed E-state index contributed by atoms with van der Waals surface area (Å²) in [5.74, 6) is 2.77. The van der Waals surface area contributed by atoms with Gasteiger partial charge in [0.2, 0.25) is 0 Å². The quantitative estimate of drug-likeness (QED) is 0.351. The molecule has 0 amide bonds. The third-order valence-electron chi connectivity index (χ3n) is 6.43. The first-order chi connectivity index (χ1) is 16.9. The lowest BCUT2D eigenvalue weighted by Gasteiger charge is -2.31. The van der Waals surface area contributed by atoms with Crippen molar-refractivity contribution in [2.24, 2.45) is 0 Å². The molecular formula is C29H24F2N2O2. The van der Waals surface area contributed by atoms with E-state index < -0.39 is 11.9 Å². The minimum Gasteiger partial charge on any atom is -0.478 e. The van der Waals surface area contributed by atoms with Crippen molar-refractivity contribution < 1.29 is 18.7 Å². The fraction of sp³-hybridized carbons (Fsp3) is 0.207. The van der Waals surface area contributed by atoms with Crippen molar-refractivity contribution in [2.75, 3.05) is 13.1 Å². The Hall–Kier alpha value is -3.95. The number of carbonyl (C=O) groups is 1. The Morgan fingerprint density at radius 1 is 1.00 bits per heavy atom. The summed E-state index contributed by atoms with van der Waals surface area (Å²) in [6, 6.07) is 20.6. The van der Waals surface area contributed by atoms with E-state index in [1.54, 1.807) is 12.1 Å². The van der Waals surface area contributed by atoms with Gasteiger partial charge in [0.25, 0.3) is 5.92 Å². The maximum Gasteiger partial charge on any atom is 0.336 e. The number of aromatic nitrogens is 1. The second-order valence-electron chi connectivity index (χ2n) is 8.89. The minimum atomic E-state index is -2.54. The van der Waals surface area contributed by atoms with Crippen molar-refractivity contribution in [3.05, 3.63) is 95.2 Å². The first-order valence-corrected chi connectivity index (χ1v) is 11.5. The van der Waals surface area contributed by atoms with E-state index in [1.165, 1.54) is 0 Å². The molecule has 5 rings (SSSR count). The SMILES string of the molecule is O=C(O)c1cccc(C#Cc2ccc(CN3CCC(F)(F)CC3)cc2)c1-c1ccc2[nH]ccc2c1. The number of aromatic amines is 1. The van der Waals surface area contributed by atoms with Crippen LogP contribution in [-0.4, -0.2) is 40.0 Å². The first-order valence-electron chi connectivity index (χ1n) is 11.5. The number of halogens is 2. The Morgan fingerprint density at radius 2 is 1.77 bits per heavy atom. The molecule has 0 aliphatic carbocycles. The van der Waals surface area contributed by atoms with Gasteiger partial charge in [-0.05, 0) is 59.0 Å². The summed E-state index contributed by atoms with van der Waals surface area (Å²) >= 11 is 0. The summed E-state index contributed by atoms with van der Waals surface area (Å²) in [6.45, 7) is 1.42. The second-order valence-corrected chi connectivity index (χ2v) is 8.89. The number of likely N-dealkylation sites (tertiary alicyclic amines) is 1. The molecule has 1 saturated heterocycles. The highest BCUT2D eigenvalue weighted by Gasteiger charge is 2.33. The number of carboxylic acids is 1. The molecule has 2 N–H and O–H groups in total. The number of aromatic carboxylic acids is 1. The molecule has 0 atom stereocenters. The van der Waals surface area contributed by atoms with Crippen LogP contribution in [-0.2, 0) is 6.54 Å². The van der Waals surface area contributed by atoms with Crippen LogP contribution in [0.2, 0.25) is 0 Å². The summed E-state index contributed by atoms with van der Waals surface area (Å²) in [5, 5.41) is 10.8. The number of rotatable bonds is 4. The van der Waals surface area contributed by atoms with Crippen LogP contribution in [0, 0.1) is 11.8 Å². The lowest BCUT2D eigenvalue weighted by Crippen LogP contribution is -2.38. The Labute approximate surface area is 202 Å². The first kappa shape index (κ1) is 22.8. The van der Waals surface area contributed by atoms with Gasteiger partial charge >= 0.3 is 5.97 Å². The molecule has 4 nitrogen and oxygen atoms in total. The van der Waals surface area contributed by atoms with Crippen LogP contribution >= 0.6 is 0 Å². The Balaban J connectivity index is 1.40. The van der Waals surface area contributed by atoms with Gasteiger partial charge in [0, 0.05) is 60.9 Å². The van der Waals surface area contributed by atoms with Crippen LogP contribution in [0.3, 0.4) is 0 Å². The summed E-state index contributed by atoms with van der Waals surface area (Å²) in [4.78, 5) is 17.2. The third kappa shape index (κ3) is 5.11. The molecule has 1 aliphatic rings. The van der Waals surface area contributed by atoms with Gasteiger partial charge in [-0.15, -0.1) is 0 Å². The van der Waals surface area contributed by atoms with E-state index in [-0.39, 0.29) is 18.4 Å². The van der Waals surface area contributed by atoms with Crippen molar-refractivity contribution in [1.29, 1.82) is 0 Å².